The lowest BCUT2D eigenvalue weighted by Crippen LogP contribution is -2.13. The maximum absolute atomic E-state index is 13.1. The lowest BCUT2D eigenvalue weighted by Gasteiger charge is -2.08. The summed E-state index contributed by atoms with van der Waals surface area (Å²) in [5, 5.41) is 0.426. The molecule has 0 spiro atoms. The van der Waals surface area contributed by atoms with Crippen molar-refractivity contribution in [3.05, 3.63) is 95.5 Å². The number of fused-ring (bicyclic) bond motifs is 1. The first kappa shape index (κ1) is 20.6. The van der Waals surface area contributed by atoms with E-state index in [9.17, 15) is 17.6 Å². The minimum Gasteiger partial charge on any atom is -0.460 e. The molecule has 0 saturated carbocycles. The van der Waals surface area contributed by atoms with Gasteiger partial charge in [-0.05, 0) is 55.0 Å². The standard InChI is InChI=1S/C23H18FNO5S/c1-15-22(23(26)29-14-16-5-3-2-4-6-16)20-13-18(9-12-21(20)30-15)25-31(27,28)19-10-7-17(24)8-11-19/h2-13,25H,14H2,1H3. The van der Waals surface area contributed by atoms with Crippen LogP contribution in [0.2, 0.25) is 0 Å². The van der Waals surface area contributed by atoms with E-state index in [2.05, 4.69) is 4.72 Å². The Bertz CT molecular complexity index is 1350. The highest BCUT2D eigenvalue weighted by Crippen LogP contribution is 2.30. The lowest BCUT2D eigenvalue weighted by molar-refractivity contribution is 0.0473. The van der Waals surface area contributed by atoms with Gasteiger partial charge in [0.1, 0.15) is 29.3 Å². The minimum absolute atomic E-state index is 0.0835. The van der Waals surface area contributed by atoms with Crippen molar-refractivity contribution in [2.45, 2.75) is 18.4 Å². The van der Waals surface area contributed by atoms with Crippen LogP contribution in [-0.2, 0) is 21.4 Å². The second kappa shape index (κ2) is 8.23. The van der Waals surface area contributed by atoms with E-state index in [0.717, 1.165) is 17.7 Å². The van der Waals surface area contributed by atoms with Gasteiger partial charge >= 0.3 is 5.97 Å². The largest absolute Gasteiger partial charge is 0.460 e. The molecule has 31 heavy (non-hydrogen) atoms. The van der Waals surface area contributed by atoms with Crippen molar-refractivity contribution in [1.82, 2.24) is 0 Å². The van der Waals surface area contributed by atoms with Crippen molar-refractivity contribution in [2.75, 3.05) is 4.72 Å². The van der Waals surface area contributed by atoms with Crippen LogP contribution in [0.5, 0.6) is 0 Å². The van der Waals surface area contributed by atoms with E-state index in [1.165, 1.54) is 24.3 Å². The number of anilines is 1. The monoisotopic (exact) mass is 439 g/mol. The molecule has 4 rings (SSSR count). The third-order valence-electron chi connectivity index (χ3n) is 4.66. The number of nitrogens with one attached hydrogen (secondary N) is 1. The van der Waals surface area contributed by atoms with Gasteiger partial charge in [0.2, 0.25) is 0 Å². The number of hydrogen-bond acceptors (Lipinski definition) is 5. The first-order valence-corrected chi connectivity index (χ1v) is 10.8. The summed E-state index contributed by atoms with van der Waals surface area (Å²) in [4.78, 5) is 12.6. The second-order valence-corrected chi connectivity index (χ2v) is 8.55. The summed E-state index contributed by atoms with van der Waals surface area (Å²) >= 11 is 0. The Hall–Kier alpha value is -3.65. The number of benzene rings is 3. The molecule has 0 aliphatic heterocycles. The van der Waals surface area contributed by atoms with Gasteiger partial charge in [-0.2, -0.15) is 0 Å². The Morgan fingerprint density at radius 1 is 1.03 bits per heavy atom. The quantitative estimate of drug-likeness (QED) is 0.426. The predicted octanol–water partition coefficient (Wildman–Crippen LogP) is 5.04. The van der Waals surface area contributed by atoms with Gasteiger partial charge in [0, 0.05) is 11.1 Å². The van der Waals surface area contributed by atoms with E-state index in [0.29, 0.717) is 16.7 Å². The Morgan fingerprint density at radius 3 is 2.45 bits per heavy atom. The summed E-state index contributed by atoms with van der Waals surface area (Å²) in [6, 6.07) is 18.3. The molecule has 0 aliphatic rings. The minimum atomic E-state index is -3.93. The number of carbonyl (C=O) groups is 1. The molecule has 0 atom stereocenters. The molecule has 8 heteroatoms. The highest BCUT2D eigenvalue weighted by atomic mass is 32.2. The molecule has 0 bridgehead atoms. The number of hydrogen-bond donors (Lipinski definition) is 1. The number of rotatable bonds is 6. The van der Waals surface area contributed by atoms with Crippen LogP contribution < -0.4 is 4.72 Å². The van der Waals surface area contributed by atoms with Crippen molar-refractivity contribution in [3.8, 4) is 0 Å². The van der Waals surface area contributed by atoms with Gasteiger partial charge in [-0.3, -0.25) is 4.72 Å². The molecule has 6 nitrogen and oxygen atoms in total. The van der Waals surface area contributed by atoms with E-state index >= 15 is 0 Å². The average molecular weight is 439 g/mol. The number of carbonyl (C=O) groups excluding carboxylic acids is 1. The first-order chi connectivity index (χ1) is 14.8. The fraction of sp³-hybridized carbons (Fsp3) is 0.0870. The highest BCUT2D eigenvalue weighted by molar-refractivity contribution is 7.92. The zero-order chi connectivity index (χ0) is 22.0. The molecule has 1 heterocycles. The summed E-state index contributed by atoms with van der Waals surface area (Å²) in [7, 11) is -3.93. The van der Waals surface area contributed by atoms with Gasteiger partial charge < -0.3 is 9.15 Å². The summed E-state index contributed by atoms with van der Waals surface area (Å²) in [5.41, 5.74) is 1.73. The van der Waals surface area contributed by atoms with E-state index in [1.54, 1.807) is 13.0 Å². The van der Waals surface area contributed by atoms with Crippen molar-refractivity contribution in [3.63, 3.8) is 0 Å². The first-order valence-electron chi connectivity index (χ1n) is 9.36. The fourth-order valence-electron chi connectivity index (χ4n) is 3.16. The molecular weight excluding hydrogens is 421 g/mol. The smallest absolute Gasteiger partial charge is 0.342 e. The molecule has 0 radical (unpaired) electrons. The van der Waals surface area contributed by atoms with E-state index < -0.39 is 21.8 Å². The van der Waals surface area contributed by atoms with Gasteiger partial charge in [-0.1, -0.05) is 30.3 Å². The molecule has 4 aromatic rings. The van der Waals surface area contributed by atoms with E-state index in [-0.39, 0.29) is 22.8 Å². The predicted molar refractivity (Wildman–Crippen MR) is 114 cm³/mol. The van der Waals surface area contributed by atoms with Crippen LogP contribution in [0.15, 0.2) is 82.1 Å². The van der Waals surface area contributed by atoms with Gasteiger partial charge in [0.05, 0.1) is 4.90 Å². The van der Waals surface area contributed by atoms with Crippen LogP contribution >= 0.6 is 0 Å². The van der Waals surface area contributed by atoms with Crippen LogP contribution in [-0.4, -0.2) is 14.4 Å². The van der Waals surface area contributed by atoms with Gasteiger partial charge in [0.25, 0.3) is 10.0 Å². The Balaban J connectivity index is 1.61. The number of furan rings is 1. The molecular formula is C23H18FNO5S. The Kier molecular flexibility index (Phi) is 5.48. The lowest BCUT2D eigenvalue weighted by atomic mass is 10.1. The molecule has 0 aliphatic carbocycles. The topological polar surface area (TPSA) is 85.6 Å². The van der Waals surface area contributed by atoms with Gasteiger partial charge in [-0.25, -0.2) is 17.6 Å². The molecule has 0 unspecified atom stereocenters. The molecule has 3 aromatic carbocycles. The summed E-state index contributed by atoms with van der Waals surface area (Å²) in [5.74, 6) is -0.738. The number of halogens is 1. The molecule has 0 amide bonds. The van der Waals surface area contributed by atoms with E-state index in [4.69, 9.17) is 9.15 Å². The second-order valence-electron chi connectivity index (χ2n) is 6.87. The Labute approximate surface area is 178 Å². The zero-order valence-corrected chi connectivity index (χ0v) is 17.3. The molecule has 158 valence electrons. The van der Waals surface area contributed by atoms with Crippen molar-refractivity contribution >= 4 is 32.6 Å². The maximum Gasteiger partial charge on any atom is 0.342 e. The highest BCUT2D eigenvalue weighted by Gasteiger charge is 2.21. The fourth-order valence-corrected chi connectivity index (χ4v) is 4.21. The molecule has 1 aromatic heterocycles. The molecule has 1 N–H and O–H groups in total. The molecule has 0 saturated heterocycles. The van der Waals surface area contributed by atoms with Crippen LogP contribution in [0.3, 0.4) is 0 Å². The summed E-state index contributed by atoms with van der Waals surface area (Å²) < 4.78 is 51.7. The summed E-state index contributed by atoms with van der Waals surface area (Å²) in [6.45, 7) is 1.74. The third kappa shape index (κ3) is 4.44. The molecule has 0 fully saturated rings. The number of aryl methyl sites for hydroxylation is 1. The van der Waals surface area contributed by atoms with Crippen LogP contribution in [0.4, 0.5) is 10.1 Å². The third-order valence-corrected chi connectivity index (χ3v) is 6.05. The van der Waals surface area contributed by atoms with Crippen molar-refractivity contribution < 1.29 is 26.8 Å². The summed E-state index contributed by atoms with van der Waals surface area (Å²) in [6.07, 6.45) is 0. The van der Waals surface area contributed by atoms with Crippen LogP contribution in [0.1, 0.15) is 21.7 Å². The van der Waals surface area contributed by atoms with Gasteiger partial charge in [0.15, 0.2) is 0 Å². The maximum atomic E-state index is 13.1. The zero-order valence-electron chi connectivity index (χ0n) is 16.5. The van der Waals surface area contributed by atoms with Crippen LogP contribution in [0.25, 0.3) is 11.0 Å². The number of sulfonamides is 1. The number of esters is 1. The number of ether oxygens (including phenoxy) is 1. The SMILES string of the molecule is Cc1oc2ccc(NS(=O)(=O)c3ccc(F)cc3)cc2c1C(=O)OCc1ccccc1. The van der Waals surface area contributed by atoms with Gasteiger partial charge in [-0.15, -0.1) is 0 Å². The van der Waals surface area contributed by atoms with E-state index in [1.807, 2.05) is 30.3 Å². The van der Waals surface area contributed by atoms with Crippen molar-refractivity contribution in [2.24, 2.45) is 0 Å². The normalized spacial score (nSPS) is 11.4. The van der Waals surface area contributed by atoms with Crippen LogP contribution in [0, 0.1) is 12.7 Å². The van der Waals surface area contributed by atoms with Crippen molar-refractivity contribution in [1.29, 1.82) is 0 Å². The average Bonchev–Trinajstić information content (AvgIpc) is 3.08. The Morgan fingerprint density at radius 2 is 1.74 bits per heavy atom.